The number of rotatable bonds is 8. The van der Waals surface area contributed by atoms with Crippen molar-refractivity contribution < 1.29 is 22.7 Å². The number of aromatic amines is 1. The van der Waals surface area contributed by atoms with Crippen LogP contribution in [0.4, 0.5) is 13.2 Å². The van der Waals surface area contributed by atoms with Crippen LogP contribution in [0.2, 0.25) is 5.02 Å². The van der Waals surface area contributed by atoms with Crippen molar-refractivity contribution in [1.29, 1.82) is 0 Å². The van der Waals surface area contributed by atoms with E-state index in [0.29, 0.717) is 47.0 Å². The van der Waals surface area contributed by atoms with Gasteiger partial charge in [-0.2, -0.15) is 18.3 Å². The van der Waals surface area contributed by atoms with Gasteiger partial charge in [0.2, 0.25) is 5.88 Å². The number of carbonyl (C=O) groups excluding carboxylic acids is 1. The molecule has 0 atom stereocenters. The van der Waals surface area contributed by atoms with Gasteiger partial charge in [-0.25, -0.2) is 4.98 Å². The molecule has 6 nitrogen and oxygen atoms in total. The number of ether oxygens (including phenoxy) is 1. The van der Waals surface area contributed by atoms with Crippen molar-refractivity contribution in [3.63, 3.8) is 0 Å². The van der Waals surface area contributed by atoms with Gasteiger partial charge in [0.25, 0.3) is 5.91 Å². The van der Waals surface area contributed by atoms with Gasteiger partial charge in [-0.15, -0.1) is 0 Å². The topological polar surface area (TPSA) is 93.9 Å². The third kappa shape index (κ3) is 6.19. The molecule has 0 saturated heterocycles. The first-order valence-corrected chi connectivity index (χ1v) is 11.0. The molecule has 0 fully saturated rings. The number of primary amides is 1. The van der Waals surface area contributed by atoms with Crippen LogP contribution in [-0.2, 0) is 25.4 Å². The second-order valence-corrected chi connectivity index (χ2v) is 8.26. The number of pyridine rings is 1. The largest absolute Gasteiger partial charge is 0.439 e. The van der Waals surface area contributed by atoms with Crippen LogP contribution in [0.25, 0.3) is 0 Å². The summed E-state index contributed by atoms with van der Waals surface area (Å²) < 4.78 is 43.5. The van der Waals surface area contributed by atoms with Crippen LogP contribution in [0.1, 0.15) is 38.4 Å². The maximum atomic E-state index is 12.7. The number of nitrogens with two attached hydrogens (primary N) is 1. The van der Waals surface area contributed by atoms with Crippen molar-refractivity contribution in [1.82, 2.24) is 15.2 Å². The smallest absolute Gasteiger partial charge is 0.417 e. The van der Waals surface area contributed by atoms with Gasteiger partial charge in [0.1, 0.15) is 5.75 Å². The number of amides is 1. The number of aryl methyl sites for hydroxylation is 2. The van der Waals surface area contributed by atoms with E-state index >= 15 is 0 Å². The van der Waals surface area contributed by atoms with Gasteiger partial charge in [-0.3, -0.25) is 9.89 Å². The Labute approximate surface area is 203 Å². The molecule has 0 unspecified atom stereocenters. The molecule has 0 aliphatic carbocycles. The number of alkyl halides is 3. The summed E-state index contributed by atoms with van der Waals surface area (Å²) in [5.74, 6) is -0.0680. The SMILES string of the molecule is NC(=O)c1c(CCc2ccc(Oc3ccc(C(F)(F)F)cn3)cc2)n[nH]c1Cc1cccc(Cl)c1. The van der Waals surface area contributed by atoms with E-state index in [1.54, 1.807) is 18.2 Å². The molecule has 0 radical (unpaired) electrons. The molecule has 2 aromatic heterocycles. The molecule has 35 heavy (non-hydrogen) atoms. The quantitative estimate of drug-likeness (QED) is 0.322. The number of carbonyl (C=O) groups is 1. The number of benzene rings is 2. The summed E-state index contributed by atoms with van der Waals surface area (Å²) in [5, 5.41) is 7.82. The zero-order valence-electron chi connectivity index (χ0n) is 18.3. The van der Waals surface area contributed by atoms with Crippen molar-refractivity contribution >= 4 is 17.5 Å². The lowest BCUT2D eigenvalue weighted by molar-refractivity contribution is -0.137. The highest BCUT2D eigenvalue weighted by Crippen LogP contribution is 2.30. The second kappa shape index (κ2) is 10.2. The maximum Gasteiger partial charge on any atom is 0.417 e. The van der Waals surface area contributed by atoms with E-state index < -0.39 is 17.6 Å². The Balaban J connectivity index is 1.40. The van der Waals surface area contributed by atoms with Crippen LogP contribution in [0, 0.1) is 0 Å². The molecule has 1 amide bonds. The lowest BCUT2D eigenvalue weighted by Gasteiger charge is -2.08. The summed E-state index contributed by atoms with van der Waals surface area (Å²) in [5.41, 5.74) is 8.24. The Morgan fingerprint density at radius 2 is 1.80 bits per heavy atom. The Morgan fingerprint density at radius 3 is 2.43 bits per heavy atom. The van der Waals surface area contributed by atoms with E-state index in [2.05, 4.69) is 15.2 Å². The highest BCUT2D eigenvalue weighted by atomic mass is 35.5. The summed E-state index contributed by atoms with van der Waals surface area (Å²) >= 11 is 6.04. The van der Waals surface area contributed by atoms with E-state index in [0.717, 1.165) is 23.4 Å². The van der Waals surface area contributed by atoms with Crippen LogP contribution < -0.4 is 10.5 Å². The number of hydrogen-bond acceptors (Lipinski definition) is 4. The molecule has 0 aliphatic heterocycles. The molecule has 0 bridgehead atoms. The minimum atomic E-state index is -4.45. The predicted molar refractivity (Wildman–Crippen MR) is 125 cm³/mol. The summed E-state index contributed by atoms with van der Waals surface area (Å²) in [6.45, 7) is 0. The van der Waals surface area contributed by atoms with Gasteiger partial charge in [0.05, 0.1) is 22.5 Å². The van der Waals surface area contributed by atoms with Gasteiger partial charge in [-0.05, 0) is 54.3 Å². The summed E-state index contributed by atoms with van der Waals surface area (Å²) in [6, 6.07) is 16.4. The van der Waals surface area contributed by atoms with Crippen molar-refractivity contribution in [2.75, 3.05) is 0 Å². The van der Waals surface area contributed by atoms with Crippen molar-refractivity contribution in [2.45, 2.75) is 25.4 Å². The number of halogens is 4. The third-order valence-corrected chi connectivity index (χ3v) is 5.53. The molecule has 3 N–H and O–H groups in total. The van der Waals surface area contributed by atoms with Gasteiger partial charge >= 0.3 is 6.18 Å². The van der Waals surface area contributed by atoms with Gasteiger partial charge in [0, 0.05) is 23.7 Å². The molecule has 0 spiro atoms. The van der Waals surface area contributed by atoms with E-state index in [1.807, 2.05) is 30.3 Å². The molecule has 10 heteroatoms. The van der Waals surface area contributed by atoms with Gasteiger partial charge < -0.3 is 10.5 Å². The number of aromatic nitrogens is 3. The molecule has 2 aromatic carbocycles. The molecule has 0 aliphatic rings. The van der Waals surface area contributed by atoms with E-state index in [-0.39, 0.29) is 5.88 Å². The number of H-pyrrole nitrogens is 1. The minimum Gasteiger partial charge on any atom is -0.439 e. The van der Waals surface area contributed by atoms with Crippen LogP contribution in [0.5, 0.6) is 11.6 Å². The molecule has 0 saturated carbocycles. The van der Waals surface area contributed by atoms with E-state index in [4.69, 9.17) is 22.1 Å². The highest BCUT2D eigenvalue weighted by Gasteiger charge is 2.30. The van der Waals surface area contributed by atoms with Crippen molar-refractivity contribution in [3.8, 4) is 11.6 Å². The third-order valence-electron chi connectivity index (χ3n) is 5.29. The molecule has 4 rings (SSSR count). The number of nitrogens with one attached hydrogen (secondary N) is 1. The maximum absolute atomic E-state index is 12.7. The lowest BCUT2D eigenvalue weighted by atomic mass is 10.0. The lowest BCUT2D eigenvalue weighted by Crippen LogP contribution is -2.15. The molecule has 2 heterocycles. The highest BCUT2D eigenvalue weighted by molar-refractivity contribution is 6.30. The van der Waals surface area contributed by atoms with Crippen LogP contribution >= 0.6 is 11.6 Å². The zero-order chi connectivity index (χ0) is 25.0. The Morgan fingerprint density at radius 1 is 1.03 bits per heavy atom. The average Bonchev–Trinajstić information content (AvgIpc) is 3.21. The summed E-state index contributed by atoms with van der Waals surface area (Å²) in [6.07, 6.45) is -2.22. The van der Waals surface area contributed by atoms with Crippen LogP contribution in [-0.4, -0.2) is 21.1 Å². The Hall–Kier alpha value is -3.85. The summed E-state index contributed by atoms with van der Waals surface area (Å²) in [4.78, 5) is 15.8. The first kappa shape index (κ1) is 24.3. The van der Waals surface area contributed by atoms with Crippen molar-refractivity contribution in [3.05, 3.63) is 106 Å². The van der Waals surface area contributed by atoms with Gasteiger partial charge in [-0.1, -0.05) is 35.9 Å². The minimum absolute atomic E-state index is 0.0561. The van der Waals surface area contributed by atoms with E-state index in [1.165, 1.54) is 6.07 Å². The zero-order valence-corrected chi connectivity index (χ0v) is 19.0. The Bertz CT molecular complexity index is 1320. The average molecular weight is 501 g/mol. The monoisotopic (exact) mass is 500 g/mol. The number of hydrogen-bond donors (Lipinski definition) is 2. The Kier molecular flexibility index (Phi) is 7.07. The van der Waals surface area contributed by atoms with Gasteiger partial charge in [0.15, 0.2) is 0 Å². The first-order valence-electron chi connectivity index (χ1n) is 10.6. The first-order chi connectivity index (χ1) is 16.7. The second-order valence-electron chi connectivity index (χ2n) is 7.82. The van der Waals surface area contributed by atoms with Crippen LogP contribution in [0.3, 0.4) is 0 Å². The molecule has 4 aromatic rings. The van der Waals surface area contributed by atoms with E-state index in [9.17, 15) is 18.0 Å². The fraction of sp³-hybridized carbons (Fsp3) is 0.160. The molecular formula is C25H20ClF3N4O2. The van der Waals surface area contributed by atoms with Crippen molar-refractivity contribution in [2.24, 2.45) is 5.73 Å². The fourth-order valence-electron chi connectivity index (χ4n) is 3.59. The summed E-state index contributed by atoms with van der Waals surface area (Å²) in [7, 11) is 0. The normalized spacial score (nSPS) is 11.4. The molecular weight excluding hydrogens is 481 g/mol. The fourth-order valence-corrected chi connectivity index (χ4v) is 3.80. The predicted octanol–water partition coefficient (Wildman–Crippen LogP) is 5.74. The standard InChI is InChI=1S/C25H20ClF3N4O2/c26-18-3-1-2-16(12-18)13-21-23(24(30)34)20(32-33-21)10-6-15-4-8-19(9-5-15)35-22-11-7-17(14-31-22)25(27,28)29/h1-5,7-9,11-12,14H,6,10,13H2,(H2,30,34)(H,32,33). The molecule has 180 valence electrons. The number of nitrogens with zero attached hydrogens (tertiary/aromatic N) is 2. The van der Waals surface area contributed by atoms with Crippen LogP contribution in [0.15, 0.2) is 66.9 Å².